The van der Waals surface area contributed by atoms with E-state index >= 15 is 0 Å². The van der Waals surface area contributed by atoms with E-state index in [0.29, 0.717) is 25.3 Å². The zero-order valence-electron chi connectivity index (χ0n) is 21.9. The van der Waals surface area contributed by atoms with Gasteiger partial charge in [-0.1, -0.05) is 93.6 Å². The summed E-state index contributed by atoms with van der Waals surface area (Å²) < 4.78 is 6.05. The molecule has 190 valence electrons. The predicted molar refractivity (Wildman–Crippen MR) is 145 cm³/mol. The Balaban J connectivity index is 1.92. The molecule has 1 N–H and O–H groups in total. The molecule has 2 amide bonds. The van der Waals surface area contributed by atoms with Gasteiger partial charge in [-0.3, -0.25) is 9.59 Å². The largest absolute Gasteiger partial charge is 0.483 e. The number of nitrogens with one attached hydrogen (secondary N) is 1. The van der Waals surface area contributed by atoms with Crippen molar-refractivity contribution in [2.45, 2.75) is 59.0 Å². The van der Waals surface area contributed by atoms with Crippen LogP contribution in [0.15, 0.2) is 78.9 Å². The monoisotopic (exact) mass is 486 g/mol. The van der Waals surface area contributed by atoms with E-state index in [1.165, 1.54) is 0 Å². The predicted octanol–water partition coefficient (Wildman–Crippen LogP) is 5.66. The van der Waals surface area contributed by atoms with Crippen LogP contribution in [-0.4, -0.2) is 35.9 Å². The minimum atomic E-state index is -0.657. The molecule has 0 fully saturated rings. The molecule has 0 aliphatic heterocycles. The van der Waals surface area contributed by atoms with Crippen molar-refractivity contribution in [1.82, 2.24) is 10.2 Å². The van der Waals surface area contributed by atoms with E-state index in [1.54, 1.807) is 4.90 Å². The van der Waals surface area contributed by atoms with E-state index in [0.717, 1.165) is 28.7 Å². The van der Waals surface area contributed by atoms with Gasteiger partial charge in [-0.15, -0.1) is 0 Å². The summed E-state index contributed by atoms with van der Waals surface area (Å²) in [5.74, 6) is 0.603. The molecule has 0 aliphatic carbocycles. The van der Waals surface area contributed by atoms with Crippen LogP contribution in [0.4, 0.5) is 0 Å². The van der Waals surface area contributed by atoms with Crippen LogP contribution >= 0.6 is 0 Å². The SMILES string of the molecule is CCCNC(=O)[C@@H](Cc1ccccc1)N(Cc1ccccc1C)C(=O)COc1ccccc1C(C)C. The lowest BCUT2D eigenvalue weighted by molar-refractivity contribution is -0.142. The van der Waals surface area contributed by atoms with Gasteiger partial charge in [0.2, 0.25) is 5.91 Å². The third-order valence-corrected chi connectivity index (χ3v) is 6.31. The highest BCUT2D eigenvalue weighted by Gasteiger charge is 2.31. The summed E-state index contributed by atoms with van der Waals surface area (Å²) in [6.07, 6.45) is 1.25. The second-order valence-electron chi connectivity index (χ2n) is 9.43. The standard InChI is InChI=1S/C31H38N2O3/c1-5-19-32-31(35)28(20-25-14-7-6-8-15-25)33(21-26-16-10-9-13-24(26)4)30(34)22-36-29-18-12-11-17-27(29)23(2)3/h6-18,23,28H,5,19-22H2,1-4H3,(H,32,35)/t28-/m1/s1. The van der Waals surface area contributed by atoms with E-state index < -0.39 is 6.04 Å². The van der Waals surface area contributed by atoms with Gasteiger partial charge >= 0.3 is 0 Å². The first-order valence-corrected chi connectivity index (χ1v) is 12.8. The zero-order valence-corrected chi connectivity index (χ0v) is 21.9. The van der Waals surface area contributed by atoms with Gasteiger partial charge in [0.25, 0.3) is 5.91 Å². The Kier molecular flexibility index (Phi) is 10.1. The normalized spacial score (nSPS) is 11.7. The number of aryl methyl sites for hydroxylation is 1. The van der Waals surface area contributed by atoms with Crippen molar-refractivity contribution in [3.63, 3.8) is 0 Å². The summed E-state index contributed by atoms with van der Waals surface area (Å²) >= 11 is 0. The van der Waals surface area contributed by atoms with Crippen molar-refractivity contribution in [1.29, 1.82) is 0 Å². The first-order chi connectivity index (χ1) is 17.4. The summed E-state index contributed by atoms with van der Waals surface area (Å²) in [7, 11) is 0. The Hall–Kier alpha value is -3.60. The highest BCUT2D eigenvalue weighted by molar-refractivity contribution is 5.88. The number of benzene rings is 3. The van der Waals surface area contributed by atoms with Crippen LogP contribution in [0.25, 0.3) is 0 Å². The molecule has 3 aromatic rings. The van der Waals surface area contributed by atoms with Crippen molar-refractivity contribution in [3.8, 4) is 5.75 Å². The first-order valence-electron chi connectivity index (χ1n) is 12.8. The smallest absolute Gasteiger partial charge is 0.261 e. The van der Waals surface area contributed by atoms with Crippen LogP contribution in [0.5, 0.6) is 5.75 Å². The first kappa shape index (κ1) is 27.0. The van der Waals surface area contributed by atoms with E-state index in [2.05, 4.69) is 19.2 Å². The van der Waals surface area contributed by atoms with Crippen LogP contribution < -0.4 is 10.1 Å². The maximum atomic E-state index is 13.7. The van der Waals surface area contributed by atoms with E-state index in [1.807, 2.05) is 92.7 Å². The third-order valence-electron chi connectivity index (χ3n) is 6.31. The molecule has 0 saturated carbocycles. The fourth-order valence-corrected chi connectivity index (χ4v) is 4.20. The van der Waals surface area contributed by atoms with Gasteiger partial charge in [0.15, 0.2) is 6.61 Å². The highest BCUT2D eigenvalue weighted by atomic mass is 16.5. The maximum Gasteiger partial charge on any atom is 0.261 e. The van der Waals surface area contributed by atoms with Crippen molar-refractivity contribution in [2.24, 2.45) is 0 Å². The molecule has 5 heteroatoms. The quantitative estimate of drug-likeness (QED) is 0.359. The van der Waals surface area contributed by atoms with E-state index in [4.69, 9.17) is 4.74 Å². The van der Waals surface area contributed by atoms with Crippen LogP contribution in [0, 0.1) is 6.92 Å². The van der Waals surface area contributed by atoms with Gasteiger partial charge in [-0.2, -0.15) is 0 Å². The molecule has 0 saturated heterocycles. The second kappa shape index (κ2) is 13.5. The number of amides is 2. The van der Waals surface area contributed by atoms with Crippen LogP contribution in [0.1, 0.15) is 55.4 Å². The number of nitrogens with zero attached hydrogens (tertiary/aromatic N) is 1. The van der Waals surface area contributed by atoms with Crippen LogP contribution in [-0.2, 0) is 22.6 Å². The fourth-order valence-electron chi connectivity index (χ4n) is 4.20. The molecule has 3 rings (SSSR count). The Morgan fingerprint density at radius 2 is 1.58 bits per heavy atom. The Labute approximate surface area is 215 Å². The van der Waals surface area contributed by atoms with Crippen molar-refractivity contribution in [3.05, 3.63) is 101 Å². The molecule has 0 unspecified atom stereocenters. The molecule has 0 bridgehead atoms. The average Bonchev–Trinajstić information content (AvgIpc) is 2.89. The molecule has 1 atom stereocenters. The molecule has 5 nitrogen and oxygen atoms in total. The van der Waals surface area contributed by atoms with Crippen LogP contribution in [0.2, 0.25) is 0 Å². The topological polar surface area (TPSA) is 58.6 Å². The van der Waals surface area contributed by atoms with E-state index in [9.17, 15) is 9.59 Å². The summed E-state index contributed by atoms with van der Waals surface area (Å²) in [5, 5.41) is 3.01. The number of ether oxygens (including phenoxy) is 1. The summed E-state index contributed by atoms with van der Waals surface area (Å²) in [5.41, 5.74) is 4.14. The lowest BCUT2D eigenvalue weighted by Gasteiger charge is -2.32. The lowest BCUT2D eigenvalue weighted by atomic mass is 10.0. The maximum absolute atomic E-state index is 13.7. The number of para-hydroxylation sites is 1. The summed E-state index contributed by atoms with van der Waals surface area (Å²) in [6.45, 7) is 9.00. The highest BCUT2D eigenvalue weighted by Crippen LogP contribution is 2.26. The number of hydrogen-bond acceptors (Lipinski definition) is 3. The molecule has 0 heterocycles. The van der Waals surface area contributed by atoms with Gasteiger partial charge in [0, 0.05) is 19.5 Å². The van der Waals surface area contributed by atoms with E-state index in [-0.39, 0.29) is 24.3 Å². The molecular formula is C31H38N2O3. The summed E-state index contributed by atoms with van der Waals surface area (Å²) in [6, 6.07) is 25.0. The van der Waals surface area contributed by atoms with Gasteiger partial charge in [0.05, 0.1) is 0 Å². The fraction of sp³-hybridized carbons (Fsp3) is 0.355. The number of carbonyl (C=O) groups is 2. The zero-order chi connectivity index (χ0) is 25.9. The van der Waals surface area contributed by atoms with Gasteiger partial charge in [-0.25, -0.2) is 0 Å². The third kappa shape index (κ3) is 7.45. The molecular weight excluding hydrogens is 448 g/mol. The number of rotatable bonds is 12. The Bertz CT molecular complexity index is 1130. The van der Waals surface area contributed by atoms with Crippen molar-refractivity contribution >= 4 is 11.8 Å². The molecule has 0 aliphatic rings. The number of hydrogen-bond donors (Lipinski definition) is 1. The minimum absolute atomic E-state index is 0.137. The molecule has 0 aromatic heterocycles. The number of carbonyl (C=O) groups excluding carboxylic acids is 2. The van der Waals surface area contributed by atoms with Crippen molar-refractivity contribution in [2.75, 3.05) is 13.2 Å². The van der Waals surface area contributed by atoms with Crippen LogP contribution in [0.3, 0.4) is 0 Å². The molecule has 0 spiro atoms. The van der Waals surface area contributed by atoms with Gasteiger partial charge < -0.3 is 15.0 Å². The van der Waals surface area contributed by atoms with Gasteiger partial charge in [0.1, 0.15) is 11.8 Å². The molecule has 0 radical (unpaired) electrons. The van der Waals surface area contributed by atoms with Gasteiger partial charge in [-0.05, 0) is 47.6 Å². The second-order valence-corrected chi connectivity index (χ2v) is 9.43. The Morgan fingerprint density at radius 1 is 0.917 bits per heavy atom. The molecule has 36 heavy (non-hydrogen) atoms. The Morgan fingerprint density at radius 3 is 2.28 bits per heavy atom. The van der Waals surface area contributed by atoms with Crippen molar-refractivity contribution < 1.29 is 14.3 Å². The summed E-state index contributed by atoms with van der Waals surface area (Å²) in [4.78, 5) is 28.8. The average molecular weight is 487 g/mol. The minimum Gasteiger partial charge on any atom is -0.483 e. The molecule has 3 aromatic carbocycles. The lowest BCUT2D eigenvalue weighted by Crippen LogP contribution is -2.51.